The van der Waals surface area contributed by atoms with E-state index in [1.165, 1.54) is 0 Å². The van der Waals surface area contributed by atoms with Crippen LogP contribution < -0.4 is 4.72 Å². The predicted octanol–water partition coefficient (Wildman–Crippen LogP) is 1.19. The number of sulfone groups is 1. The van der Waals surface area contributed by atoms with Gasteiger partial charge >= 0.3 is 0 Å². The molecule has 1 N–H and O–H groups in total. The van der Waals surface area contributed by atoms with Gasteiger partial charge in [-0.15, -0.1) is 10.2 Å². The van der Waals surface area contributed by atoms with E-state index in [4.69, 9.17) is 0 Å². The normalized spacial score (nSPS) is 12.3. The Labute approximate surface area is 124 Å². The van der Waals surface area contributed by atoms with Crippen molar-refractivity contribution in [3.05, 3.63) is 29.0 Å². The molecule has 0 amide bonds. The molecule has 1 aromatic carbocycles. The van der Waals surface area contributed by atoms with Crippen molar-refractivity contribution >= 4 is 36.3 Å². The van der Waals surface area contributed by atoms with Crippen LogP contribution in [0.5, 0.6) is 0 Å². The number of sulfonamides is 1. The van der Waals surface area contributed by atoms with E-state index in [2.05, 4.69) is 14.9 Å². The maximum absolute atomic E-state index is 13.7. The number of halogens is 1. The lowest BCUT2D eigenvalue weighted by Gasteiger charge is -2.07. The van der Waals surface area contributed by atoms with Gasteiger partial charge in [0.05, 0.1) is 4.90 Å². The third-order valence-corrected chi connectivity index (χ3v) is 5.72. The second-order valence-corrected chi connectivity index (χ2v) is 8.94. The van der Waals surface area contributed by atoms with Crippen molar-refractivity contribution < 1.29 is 21.2 Å². The molecule has 2 rings (SSSR count). The Kier molecular flexibility index (Phi) is 4.00. The molecule has 0 aliphatic heterocycles. The van der Waals surface area contributed by atoms with Crippen LogP contribution in [0.25, 0.3) is 0 Å². The van der Waals surface area contributed by atoms with Crippen LogP contribution in [-0.4, -0.2) is 33.3 Å². The number of anilines is 1. The molecule has 11 heteroatoms. The average molecular weight is 351 g/mol. The molecule has 0 fully saturated rings. The second-order valence-electron chi connectivity index (χ2n) is 4.10. The molecule has 2 aromatic rings. The standard InChI is InChI=1S/C10H10FN3O4S3/c1-6-12-13-10(19-6)14-21(17,18)9-5-7(20(2,15)16)3-4-8(9)11/h3-5H,1-2H3,(H,13,14). The first-order chi connectivity index (χ1) is 9.59. The molecule has 0 radical (unpaired) electrons. The summed E-state index contributed by atoms with van der Waals surface area (Å²) in [4.78, 5) is -1.06. The van der Waals surface area contributed by atoms with Gasteiger partial charge in [0.2, 0.25) is 5.13 Å². The summed E-state index contributed by atoms with van der Waals surface area (Å²) in [5, 5.41) is 7.69. The zero-order chi connectivity index (χ0) is 15.8. The molecule has 0 aliphatic carbocycles. The summed E-state index contributed by atoms with van der Waals surface area (Å²) in [6.45, 7) is 1.63. The molecule has 0 atom stereocenters. The summed E-state index contributed by atoms with van der Waals surface area (Å²) in [5.74, 6) is -1.06. The molecule has 0 bridgehead atoms. The predicted molar refractivity (Wildman–Crippen MR) is 75.0 cm³/mol. The van der Waals surface area contributed by atoms with Crippen LogP contribution in [0.3, 0.4) is 0 Å². The number of aromatic nitrogens is 2. The molecule has 0 spiro atoms. The van der Waals surface area contributed by atoms with Crippen molar-refractivity contribution in [1.82, 2.24) is 10.2 Å². The number of hydrogen-bond acceptors (Lipinski definition) is 7. The molecular formula is C10H10FN3O4S3. The zero-order valence-corrected chi connectivity index (χ0v) is 13.3. The van der Waals surface area contributed by atoms with E-state index in [1.807, 2.05) is 0 Å². The van der Waals surface area contributed by atoms with Crippen molar-refractivity contribution in [2.24, 2.45) is 0 Å². The molecule has 0 unspecified atom stereocenters. The van der Waals surface area contributed by atoms with Crippen molar-refractivity contribution in [1.29, 1.82) is 0 Å². The summed E-state index contributed by atoms with van der Waals surface area (Å²) in [7, 11) is -7.95. The van der Waals surface area contributed by atoms with Gasteiger partial charge in [0, 0.05) is 6.26 Å². The van der Waals surface area contributed by atoms with Crippen LogP contribution in [-0.2, 0) is 19.9 Å². The fourth-order valence-electron chi connectivity index (χ4n) is 1.43. The van der Waals surface area contributed by atoms with E-state index >= 15 is 0 Å². The van der Waals surface area contributed by atoms with Crippen LogP contribution in [0.4, 0.5) is 9.52 Å². The number of aryl methyl sites for hydroxylation is 1. The first-order valence-electron chi connectivity index (χ1n) is 5.42. The Hall–Kier alpha value is -1.59. The van der Waals surface area contributed by atoms with Gasteiger partial charge in [0.15, 0.2) is 9.84 Å². The zero-order valence-electron chi connectivity index (χ0n) is 10.9. The number of rotatable bonds is 4. The summed E-state index contributed by atoms with van der Waals surface area (Å²) >= 11 is 0.972. The van der Waals surface area contributed by atoms with Crippen molar-refractivity contribution in [3.8, 4) is 0 Å². The SMILES string of the molecule is Cc1nnc(NS(=O)(=O)c2cc(S(C)(=O)=O)ccc2F)s1. The first kappa shape index (κ1) is 15.8. The number of nitrogens with zero attached hydrogens (tertiary/aromatic N) is 2. The Morgan fingerprint density at radius 3 is 2.38 bits per heavy atom. The first-order valence-corrected chi connectivity index (χ1v) is 9.61. The highest BCUT2D eigenvalue weighted by Crippen LogP contribution is 2.23. The van der Waals surface area contributed by atoms with E-state index in [9.17, 15) is 21.2 Å². The average Bonchev–Trinajstić information content (AvgIpc) is 2.72. The smallest absolute Gasteiger partial charge is 0.253 e. The minimum atomic E-state index is -4.29. The van der Waals surface area contributed by atoms with Crippen LogP contribution >= 0.6 is 11.3 Å². The van der Waals surface area contributed by atoms with E-state index in [1.54, 1.807) is 6.92 Å². The highest BCUT2D eigenvalue weighted by atomic mass is 32.2. The van der Waals surface area contributed by atoms with Gasteiger partial charge in [-0.25, -0.2) is 21.2 Å². The molecule has 21 heavy (non-hydrogen) atoms. The van der Waals surface area contributed by atoms with Gasteiger partial charge in [-0.3, -0.25) is 4.72 Å². The third-order valence-electron chi connectivity index (χ3n) is 2.37. The Morgan fingerprint density at radius 1 is 1.19 bits per heavy atom. The van der Waals surface area contributed by atoms with E-state index in [0.29, 0.717) is 5.01 Å². The number of nitrogens with one attached hydrogen (secondary N) is 1. The molecule has 1 heterocycles. The summed E-state index contributed by atoms with van der Waals surface area (Å²) in [5.41, 5.74) is 0. The van der Waals surface area contributed by atoms with Gasteiger partial charge in [-0.2, -0.15) is 0 Å². The number of hydrogen-bond donors (Lipinski definition) is 1. The van der Waals surface area contributed by atoms with Gasteiger partial charge < -0.3 is 0 Å². The Balaban J connectivity index is 2.49. The largest absolute Gasteiger partial charge is 0.266 e. The fraction of sp³-hybridized carbons (Fsp3) is 0.200. The molecular weight excluding hydrogens is 341 g/mol. The number of benzene rings is 1. The minimum Gasteiger partial charge on any atom is -0.253 e. The Bertz CT molecular complexity index is 890. The van der Waals surface area contributed by atoms with Crippen molar-refractivity contribution in [2.75, 3.05) is 11.0 Å². The van der Waals surface area contributed by atoms with Crippen LogP contribution in [0.15, 0.2) is 28.0 Å². The quantitative estimate of drug-likeness (QED) is 0.829. The highest BCUT2D eigenvalue weighted by Gasteiger charge is 2.23. The van der Waals surface area contributed by atoms with Crippen LogP contribution in [0, 0.1) is 12.7 Å². The summed E-state index contributed by atoms with van der Waals surface area (Å²) in [6, 6.07) is 2.55. The molecule has 114 valence electrons. The van der Waals surface area contributed by atoms with E-state index in [-0.39, 0.29) is 10.0 Å². The van der Waals surface area contributed by atoms with Gasteiger partial charge in [-0.05, 0) is 25.1 Å². The lowest BCUT2D eigenvalue weighted by Crippen LogP contribution is -2.15. The van der Waals surface area contributed by atoms with Crippen molar-refractivity contribution in [3.63, 3.8) is 0 Å². The molecule has 0 saturated heterocycles. The topological polar surface area (TPSA) is 106 Å². The van der Waals surface area contributed by atoms with Gasteiger partial charge in [0.25, 0.3) is 10.0 Å². The van der Waals surface area contributed by atoms with E-state index < -0.39 is 30.6 Å². The Morgan fingerprint density at radius 2 is 1.86 bits per heavy atom. The molecule has 1 aromatic heterocycles. The summed E-state index contributed by atoms with van der Waals surface area (Å²) < 4.78 is 62.8. The van der Waals surface area contributed by atoms with Crippen molar-refractivity contribution in [2.45, 2.75) is 16.7 Å². The maximum atomic E-state index is 13.7. The maximum Gasteiger partial charge on any atom is 0.266 e. The van der Waals surface area contributed by atoms with Crippen LogP contribution in [0.2, 0.25) is 0 Å². The minimum absolute atomic E-state index is 0.0309. The lowest BCUT2D eigenvalue weighted by atomic mass is 10.3. The van der Waals surface area contributed by atoms with Gasteiger partial charge in [0.1, 0.15) is 15.7 Å². The van der Waals surface area contributed by atoms with E-state index in [0.717, 1.165) is 35.8 Å². The van der Waals surface area contributed by atoms with Gasteiger partial charge in [-0.1, -0.05) is 11.3 Å². The monoisotopic (exact) mass is 351 g/mol. The third kappa shape index (κ3) is 3.54. The lowest BCUT2D eigenvalue weighted by molar-refractivity contribution is 0.567. The highest BCUT2D eigenvalue weighted by molar-refractivity contribution is 7.93. The second kappa shape index (κ2) is 5.31. The molecule has 0 saturated carbocycles. The summed E-state index contributed by atoms with van der Waals surface area (Å²) in [6.07, 6.45) is 0.901. The fourth-order valence-corrected chi connectivity index (χ4v) is 4.08. The molecule has 7 nitrogen and oxygen atoms in total. The van der Waals surface area contributed by atoms with Crippen LogP contribution in [0.1, 0.15) is 5.01 Å². The molecule has 0 aliphatic rings.